The average molecular weight is 537 g/mol. The molecule has 10 heteroatoms. The molecule has 1 fully saturated rings. The van der Waals surface area contributed by atoms with Crippen LogP contribution in [0, 0.1) is 5.92 Å². The molecule has 1 aromatic heterocycles. The number of hydrogen-bond donors (Lipinski definition) is 1. The number of hydrogen-bond acceptors (Lipinski definition) is 9. The van der Waals surface area contributed by atoms with Crippen LogP contribution in [-0.2, 0) is 11.3 Å². The summed E-state index contributed by atoms with van der Waals surface area (Å²) in [6, 6.07) is 11.8. The molecule has 1 unspecified atom stereocenters. The number of nitrogens with one attached hydrogen (secondary N) is 1. The van der Waals surface area contributed by atoms with Crippen molar-refractivity contribution < 1.29 is 23.7 Å². The molecule has 1 amide bonds. The molecule has 2 aromatic carbocycles. The minimum Gasteiger partial charge on any atom is -0.493 e. The highest BCUT2D eigenvalue weighted by Crippen LogP contribution is 2.34. The first-order valence-corrected chi connectivity index (χ1v) is 13.6. The number of aromatic nitrogens is 2. The number of ether oxygens (including phenoxy) is 4. The fourth-order valence-electron chi connectivity index (χ4n) is 4.75. The Hall–Kier alpha value is -3.50. The number of piperidine rings is 1. The zero-order valence-electron chi connectivity index (χ0n) is 21.6. The van der Waals surface area contributed by atoms with Gasteiger partial charge in [-0.2, -0.15) is 0 Å². The number of nitrogens with zero attached hydrogens (tertiary/aromatic N) is 3. The number of fused-ring (bicyclic) bond motifs is 1. The van der Waals surface area contributed by atoms with Gasteiger partial charge in [-0.25, -0.2) is 9.97 Å². The van der Waals surface area contributed by atoms with Gasteiger partial charge in [-0.1, -0.05) is 23.9 Å². The Morgan fingerprint density at radius 1 is 1.05 bits per heavy atom. The average Bonchev–Trinajstić information content (AvgIpc) is 3.43. The first kappa shape index (κ1) is 26.1. The van der Waals surface area contributed by atoms with Crippen LogP contribution in [0.5, 0.6) is 23.0 Å². The van der Waals surface area contributed by atoms with E-state index in [2.05, 4.69) is 32.3 Å². The number of rotatable bonds is 10. The topological polar surface area (TPSA) is 95.0 Å². The number of methoxy groups -OCH3 is 2. The van der Waals surface area contributed by atoms with Crippen molar-refractivity contribution in [2.24, 2.45) is 5.92 Å². The number of likely N-dealkylation sites (tertiary alicyclic amines) is 1. The maximum absolute atomic E-state index is 12.5. The summed E-state index contributed by atoms with van der Waals surface area (Å²) in [5, 5.41) is 3.66. The molecule has 0 radical (unpaired) electrons. The monoisotopic (exact) mass is 536 g/mol. The van der Waals surface area contributed by atoms with Gasteiger partial charge in [-0.05, 0) is 60.7 Å². The molecule has 2 aliphatic heterocycles. The van der Waals surface area contributed by atoms with Crippen LogP contribution in [0.2, 0.25) is 0 Å². The minimum atomic E-state index is -0.00420. The van der Waals surface area contributed by atoms with Gasteiger partial charge < -0.3 is 24.3 Å². The fourth-order valence-corrected chi connectivity index (χ4v) is 5.37. The smallest absolute Gasteiger partial charge is 0.231 e. The third kappa shape index (κ3) is 6.49. The van der Waals surface area contributed by atoms with Crippen LogP contribution < -0.4 is 24.3 Å². The van der Waals surface area contributed by atoms with E-state index in [-0.39, 0.29) is 11.7 Å². The summed E-state index contributed by atoms with van der Waals surface area (Å²) in [6.45, 7) is 3.86. The Kier molecular flexibility index (Phi) is 8.50. The van der Waals surface area contributed by atoms with Gasteiger partial charge in [0.1, 0.15) is 0 Å². The van der Waals surface area contributed by atoms with E-state index in [0.717, 1.165) is 55.1 Å². The van der Waals surface area contributed by atoms with Crippen LogP contribution >= 0.6 is 11.8 Å². The minimum absolute atomic E-state index is 0.00420. The predicted molar refractivity (Wildman–Crippen MR) is 145 cm³/mol. The second-order valence-electron chi connectivity index (χ2n) is 9.35. The van der Waals surface area contributed by atoms with Crippen molar-refractivity contribution in [3.8, 4) is 34.1 Å². The molecule has 0 saturated carbocycles. The molecule has 3 aromatic rings. The lowest BCUT2D eigenvalue weighted by atomic mass is 9.97. The molecule has 1 saturated heterocycles. The van der Waals surface area contributed by atoms with E-state index < -0.39 is 0 Å². The maximum atomic E-state index is 12.5. The summed E-state index contributed by atoms with van der Waals surface area (Å²) in [6.07, 6.45) is 5.75. The molecule has 1 atom stereocenters. The molecule has 1 N–H and O–H groups in total. The van der Waals surface area contributed by atoms with E-state index in [4.69, 9.17) is 18.9 Å². The van der Waals surface area contributed by atoms with E-state index in [1.54, 1.807) is 26.6 Å². The van der Waals surface area contributed by atoms with Crippen molar-refractivity contribution in [2.75, 3.05) is 46.4 Å². The summed E-state index contributed by atoms with van der Waals surface area (Å²) < 4.78 is 21.6. The van der Waals surface area contributed by atoms with Gasteiger partial charge in [-0.3, -0.25) is 9.69 Å². The zero-order valence-corrected chi connectivity index (χ0v) is 22.5. The highest BCUT2D eigenvalue weighted by Gasteiger charge is 2.22. The zero-order chi connectivity index (χ0) is 26.3. The van der Waals surface area contributed by atoms with Crippen molar-refractivity contribution in [2.45, 2.75) is 24.5 Å². The standard InChI is InChI=1S/C28H32N4O5S/c1-34-23-8-6-21(11-25(23)35-2)22-13-30-28(31-14-22)38-17-27(33)29-12-20-4-3-9-32(16-20)15-19-5-7-24-26(10-19)37-18-36-24/h5-8,10-11,13-14,20H,3-4,9,12,15-18H2,1-2H3,(H,29,33). The third-order valence-corrected chi connectivity index (χ3v) is 7.59. The molecular formula is C28H32N4O5S. The van der Waals surface area contributed by atoms with E-state index in [9.17, 15) is 4.79 Å². The highest BCUT2D eigenvalue weighted by atomic mass is 32.2. The first-order valence-electron chi connectivity index (χ1n) is 12.7. The van der Waals surface area contributed by atoms with Gasteiger partial charge in [0.15, 0.2) is 28.2 Å². The Bertz CT molecular complexity index is 1260. The first-order chi connectivity index (χ1) is 18.6. The summed E-state index contributed by atoms with van der Waals surface area (Å²) in [5.41, 5.74) is 3.01. The van der Waals surface area contributed by atoms with Crippen molar-refractivity contribution in [3.05, 3.63) is 54.4 Å². The van der Waals surface area contributed by atoms with Crippen molar-refractivity contribution >= 4 is 17.7 Å². The third-order valence-electron chi connectivity index (χ3n) is 6.71. The largest absolute Gasteiger partial charge is 0.493 e. The summed E-state index contributed by atoms with van der Waals surface area (Å²) in [7, 11) is 3.21. The fraction of sp³-hybridized carbons (Fsp3) is 0.393. The van der Waals surface area contributed by atoms with Crippen LogP contribution in [0.15, 0.2) is 53.9 Å². The number of benzene rings is 2. The SMILES string of the molecule is COc1ccc(-c2cnc(SCC(=O)NCC3CCCN(Cc4ccc5c(c4)OCO5)C3)nc2)cc1OC. The van der Waals surface area contributed by atoms with Crippen LogP contribution in [-0.4, -0.2) is 67.2 Å². The molecule has 0 bridgehead atoms. The van der Waals surface area contributed by atoms with Gasteiger partial charge in [0.2, 0.25) is 12.7 Å². The van der Waals surface area contributed by atoms with E-state index in [1.165, 1.54) is 17.3 Å². The number of carbonyl (C=O) groups excluding carboxylic acids is 1. The van der Waals surface area contributed by atoms with Gasteiger partial charge >= 0.3 is 0 Å². The molecule has 0 aliphatic carbocycles. The van der Waals surface area contributed by atoms with Gasteiger partial charge in [-0.15, -0.1) is 0 Å². The Morgan fingerprint density at radius 2 is 1.87 bits per heavy atom. The van der Waals surface area contributed by atoms with E-state index in [0.29, 0.717) is 35.9 Å². The number of thioether (sulfide) groups is 1. The molecule has 2 aliphatic rings. The molecule has 9 nitrogen and oxygen atoms in total. The Balaban J connectivity index is 1.06. The quantitative estimate of drug-likeness (QED) is 0.305. The van der Waals surface area contributed by atoms with Crippen molar-refractivity contribution in [1.29, 1.82) is 0 Å². The molecular weight excluding hydrogens is 504 g/mol. The normalized spacial score (nSPS) is 16.7. The second-order valence-corrected chi connectivity index (χ2v) is 10.3. The Labute approximate surface area is 226 Å². The van der Waals surface area contributed by atoms with Crippen LogP contribution in [0.4, 0.5) is 0 Å². The van der Waals surface area contributed by atoms with E-state index >= 15 is 0 Å². The van der Waals surface area contributed by atoms with Crippen molar-refractivity contribution in [1.82, 2.24) is 20.2 Å². The lowest BCUT2D eigenvalue weighted by Crippen LogP contribution is -2.40. The van der Waals surface area contributed by atoms with Crippen molar-refractivity contribution in [3.63, 3.8) is 0 Å². The lowest BCUT2D eigenvalue weighted by molar-refractivity contribution is -0.118. The molecule has 3 heterocycles. The highest BCUT2D eigenvalue weighted by molar-refractivity contribution is 7.99. The predicted octanol–water partition coefficient (Wildman–Crippen LogP) is 4.01. The second kappa shape index (κ2) is 12.4. The number of amides is 1. The summed E-state index contributed by atoms with van der Waals surface area (Å²) in [5.74, 6) is 3.66. The molecule has 200 valence electrons. The van der Waals surface area contributed by atoms with Gasteiger partial charge in [0, 0.05) is 37.6 Å². The molecule has 0 spiro atoms. The summed E-state index contributed by atoms with van der Waals surface area (Å²) in [4.78, 5) is 23.8. The Morgan fingerprint density at radius 3 is 2.68 bits per heavy atom. The van der Waals surface area contributed by atoms with Gasteiger partial charge in [0.05, 0.1) is 20.0 Å². The van der Waals surface area contributed by atoms with Crippen LogP contribution in [0.3, 0.4) is 0 Å². The van der Waals surface area contributed by atoms with E-state index in [1.807, 2.05) is 24.3 Å². The lowest BCUT2D eigenvalue weighted by Gasteiger charge is -2.32. The van der Waals surface area contributed by atoms with Gasteiger partial charge in [0.25, 0.3) is 0 Å². The number of carbonyl (C=O) groups is 1. The molecule has 38 heavy (non-hydrogen) atoms. The van der Waals surface area contributed by atoms with Crippen LogP contribution in [0.25, 0.3) is 11.1 Å². The maximum Gasteiger partial charge on any atom is 0.231 e. The summed E-state index contributed by atoms with van der Waals surface area (Å²) >= 11 is 1.33. The molecule has 5 rings (SSSR count). The van der Waals surface area contributed by atoms with Crippen LogP contribution in [0.1, 0.15) is 18.4 Å².